The standard InChI is InChI=1S/C11H11N5O3/c12-11(17)9-5-8(3-1-2-4-14-15-13)6-10(7-9)16(18)19/h1,3,5-7H,2,4H2,(H2,12,17). The van der Waals surface area contributed by atoms with E-state index in [1.165, 1.54) is 12.1 Å². The van der Waals surface area contributed by atoms with E-state index in [1.54, 1.807) is 12.2 Å². The van der Waals surface area contributed by atoms with Crippen molar-refractivity contribution in [2.24, 2.45) is 10.8 Å². The van der Waals surface area contributed by atoms with Gasteiger partial charge in [0, 0.05) is 29.2 Å². The number of carbonyl (C=O) groups is 1. The van der Waals surface area contributed by atoms with Gasteiger partial charge >= 0.3 is 0 Å². The van der Waals surface area contributed by atoms with Crippen LogP contribution in [0, 0.1) is 10.1 Å². The van der Waals surface area contributed by atoms with Crippen LogP contribution >= 0.6 is 0 Å². The molecule has 2 N–H and O–H groups in total. The molecule has 0 spiro atoms. The predicted molar refractivity (Wildman–Crippen MR) is 69.3 cm³/mol. The van der Waals surface area contributed by atoms with Crippen molar-refractivity contribution in [2.45, 2.75) is 6.42 Å². The number of azide groups is 1. The van der Waals surface area contributed by atoms with Gasteiger partial charge in [0.2, 0.25) is 5.91 Å². The third-order valence-corrected chi connectivity index (χ3v) is 2.20. The zero-order valence-corrected chi connectivity index (χ0v) is 9.89. The second kappa shape index (κ2) is 6.77. The number of amides is 1. The van der Waals surface area contributed by atoms with E-state index in [-0.39, 0.29) is 11.3 Å². The summed E-state index contributed by atoms with van der Waals surface area (Å²) in [5, 5.41) is 14.1. The van der Waals surface area contributed by atoms with Crippen LogP contribution in [0.25, 0.3) is 16.5 Å². The lowest BCUT2D eigenvalue weighted by molar-refractivity contribution is -0.384. The number of hydrogen-bond donors (Lipinski definition) is 1. The van der Waals surface area contributed by atoms with E-state index in [0.29, 0.717) is 18.5 Å². The first-order chi connectivity index (χ1) is 9.04. The third-order valence-electron chi connectivity index (χ3n) is 2.20. The van der Waals surface area contributed by atoms with Crippen LogP contribution in [0.4, 0.5) is 5.69 Å². The molecule has 0 aliphatic carbocycles. The number of nitro groups is 1. The summed E-state index contributed by atoms with van der Waals surface area (Å²) < 4.78 is 0. The molecular weight excluding hydrogens is 250 g/mol. The van der Waals surface area contributed by atoms with Crippen LogP contribution in [-0.2, 0) is 0 Å². The average molecular weight is 261 g/mol. The zero-order chi connectivity index (χ0) is 14.3. The Labute approximate surface area is 108 Å². The summed E-state index contributed by atoms with van der Waals surface area (Å²) in [6.07, 6.45) is 3.80. The van der Waals surface area contributed by atoms with Gasteiger partial charge in [0.15, 0.2) is 0 Å². The van der Waals surface area contributed by atoms with Crippen LogP contribution in [0.5, 0.6) is 0 Å². The molecule has 0 saturated carbocycles. The molecule has 0 atom stereocenters. The minimum atomic E-state index is -0.729. The van der Waals surface area contributed by atoms with E-state index >= 15 is 0 Å². The number of non-ortho nitro benzene ring substituents is 1. The highest BCUT2D eigenvalue weighted by Crippen LogP contribution is 2.18. The third kappa shape index (κ3) is 4.49. The van der Waals surface area contributed by atoms with E-state index in [0.717, 1.165) is 6.07 Å². The van der Waals surface area contributed by atoms with Gasteiger partial charge in [-0.3, -0.25) is 14.9 Å². The fraction of sp³-hybridized carbons (Fsp3) is 0.182. The van der Waals surface area contributed by atoms with Gasteiger partial charge in [-0.1, -0.05) is 17.3 Å². The van der Waals surface area contributed by atoms with Crippen LogP contribution in [0.2, 0.25) is 0 Å². The normalized spacial score (nSPS) is 10.1. The monoisotopic (exact) mass is 261 g/mol. The van der Waals surface area contributed by atoms with Crippen molar-refractivity contribution < 1.29 is 9.72 Å². The number of nitrogens with zero attached hydrogens (tertiary/aromatic N) is 4. The molecule has 8 nitrogen and oxygen atoms in total. The second-order valence-electron chi connectivity index (χ2n) is 3.58. The smallest absolute Gasteiger partial charge is 0.270 e. The van der Waals surface area contributed by atoms with Crippen molar-refractivity contribution >= 4 is 17.7 Å². The fourth-order valence-electron chi connectivity index (χ4n) is 1.37. The van der Waals surface area contributed by atoms with E-state index in [4.69, 9.17) is 11.3 Å². The van der Waals surface area contributed by atoms with Crippen molar-refractivity contribution in [1.29, 1.82) is 0 Å². The molecule has 0 heterocycles. The van der Waals surface area contributed by atoms with Crippen molar-refractivity contribution in [3.8, 4) is 0 Å². The summed E-state index contributed by atoms with van der Waals surface area (Å²) in [5.41, 5.74) is 13.6. The van der Waals surface area contributed by atoms with Crippen LogP contribution in [0.3, 0.4) is 0 Å². The molecule has 8 heteroatoms. The Kier molecular flexibility index (Phi) is 5.06. The number of nitro benzene ring substituents is 1. The molecular formula is C11H11N5O3. The Bertz CT molecular complexity index is 543. The molecule has 0 saturated heterocycles. The number of hydrogen-bond acceptors (Lipinski definition) is 4. The lowest BCUT2D eigenvalue weighted by Gasteiger charge is -1.99. The highest BCUT2D eigenvalue weighted by molar-refractivity contribution is 5.94. The molecule has 98 valence electrons. The Morgan fingerprint density at radius 1 is 1.53 bits per heavy atom. The van der Waals surface area contributed by atoms with E-state index in [1.807, 2.05) is 0 Å². The minimum Gasteiger partial charge on any atom is -0.366 e. The van der Waals surface area contributed by atoms with Gasteiger partial charge in [-0.15, -0.1) is 0 Å². The minimum absolute atomic E-state index is 0.0731. The Morgan fingerprint density at radius 3 is 2.84 bits per heavy atom. The highest BCUT2D eigenvalue weighted by Gasteiger charge is 2.11. The van der Waals surface area contributed by atoms with Gasteiger partial charge in [0.1, 0.15) is 0 Å². The summed E-state index contributed by atoms with van der Waals surface area (Å²) in [6.45, 7) is 0.296. The summed E-state index contributed by atoms with van der Waals surface area (Å²) in [6, 6.07) is 3.91. The van der Waals surface area contributed by atoms with Crippen molar-refractivity contribution in [2.75, 3.05) is 6.54 Å². The van der Waals surface area contributed by atoms with Gasteiger partial charge in [-0.05, 0) is 23.6 Å². The maximum atomic E-state index is 11.1. The van der Waals surface area contributed by atoms with E-state index in [2.05, 4.69) is 10.0 Å². The maximum Gasteiger partial charge on any atom is 0.270 e. The average Bonchev–Trinajstić information content (AvgIpc) is 2.38. The summed E-state index contributed by atoms with van der Waals surface area (Å²) in [5.74, 6) is -0.729. The quantitative estimate of drug-likeness (QED) is 0.210. The van der Waals surface area contributed by atoms with Crippen molar-refractivity contribution in [1.82, 2.24) is 0 Å². The first-order valence-electron chi connectivity index (χ1n) is 5.31. The molecule has 0 fully saturated rings. The first-order valence-corrected chi connectivity index (χ1v) is 5.31. The molecule has 0 aliphatic heterocycles. The van der Waals surface area contributed by atoms with Crippen LogP contribution in [-0.4, -0.2) is 17.4 Å². The van der Waals surface area contributed by atoms with Gasteiger partial charge in [0.05, 0.1) is 4.92 Å². The van der Waals surface area contributed by atoms with Crippen molar-refractivity contribution in [3.63, 3.8) is 0 Å². The SMILES string of the molecule is [N-]=[N+]=NCCC=Cc1cc(C(N)=O)cc([N+](=O)[O-])c1. The predicted octanol–water partition coefficient (Wildman–Crippen LogP) is 2.41. The molecule has 0 aliphatic rings. The molecule has 1 rings (SSSR count). The number of carbonyl (C=O) groups excluding carboxylic acids is 1. The Morgan fingerprint density at radius 2 is 2.26 bits per heavy atom. The van der Waals surface area contributed by atoms with E-state index in [9.17, 15) is 14.9 Å². The highest BCUT2D eigenvalue weighted by atomic mass is 16.6. The first kappa shape index (κ1) is 14.2. The van der Waals surface area contributed by atoms with E-state index < -0.39 is 10.8 Å². The van der Waals surface area contributed by atoms with Crippen LogP contribution in [0.1, 0.15) is 22.3 Å². The molecule has 0 aromatic heterocycles. The van der Waals surface area contributed by atoms with Gasteiger partial charge in [-0.25, -0.2) is 0 Å². The van der Waals surface area contributed by atoms with Crippen LogP contribution in [0.15, 0.2) is 29.4 Å². The molecule has 0 radical (unpaired) electrons. The largest absolute Gasteiger partial charge is 0.366 e. The molecule has 1 aromatic carbocycles. The van der Waals surface area contributed by atoms with Gasteiger partial charge in [-0.2, -0.15) is 0 Å². The molecule has 19 heavy (non-hydrogen) atoms. The molecule has 1 amide bonds. The lowest BCUT2D eigenvalue weighted by atomic mass is 10.1. The van der Waals surface area contributed by atoms with Gasteiger partial charge in [0.25, 0.3) is 5.69 Å². The topological polar surface area (TPSA) is 135 Å². The number of primary amides is 1. The summed E-state index contributed by atoms with van der Waals surface area (Å²) in [7, 11) is 0. The second-order valence-corrected chi connectivity index (χ2v) is 3.58. The van der Waals surface area contributed by atoms with Gasteiger partial charge < -0.3 is 5.73 Å². The number of benzene rings is 1. The maximum absolute atomic E-state index is 11.1. The Balaban J connectivity index is 2.96. The summed E-state index contributed by atoms with van der Waals surface area (Å²) >= 11 is 0. The summed E-state index contributed by atoms with van der Waals surface area (Å²) in [4.78, 5) is 23.8. The number of nitrogens with two attached hydrogens (primary N) is 1. The zero-order valence-electron chi connectivity index (χ0n) is 9.89. The van der Waals surface area contributed by atoms with Crippen LogP contribution < -0.4 is 5.73 Å². The fourth-order valence-corrected chi connectivity index (χ4v) is 1.37. The molecule has 0 bridgehead atoms. The molecule has 1 aromatic rings. The van der Waals surface area contributed by atoms with Crippen molar-refractivity contribution in [3.05, 3.63) is 56.0 Å². The Hall–Kier alpha value is -2.86. The number of rotatable bonds is 6. The lowest BCUT2D eigenvalue weighted by Crippen LogP contribution is -2.11. The molecule has 0 unspecified atom stereocenters.